The highest BCUT2D eigenvalue weighted by Gasteiger charge is 2.47. The summed E-state index contributed by atoms with van der Waals surface area (Å²) in [6.07, 6.45) is 5.77. The van der Waals surface area contributed by atoms with Gasteiger partial charge >= 0.3 is 12.0 Å². The third kappa shape index (κ3) is 4.64. The van der Waals surface area contributed by atoms with Crippen molar-refractivity contribution in [1.29, 1.82) is 0 Å². The number of rotatable bonds is 6. The Kier molecular flexibility index (Phi) is 6.54. The number of benzene rings is 1. The molecule has 1 N–H and O–H groups in total. The molecule has 2 aliphatic rings. The highest BCUT2D eigenvalue weighted by atomic mass is 16.5. The fraction of sp³-hybridized carbons (Fsp3) is 0.571. The lowest BCUT2D eigenvalue weighted by Crippen LogP contribution is -2.63. The molecule has 7 nitrogen and oxygen atoms in total. The molecule has 1 aliphatic carbocycles. The van der Waals surface area contributed by atoms with Crippen LogP contribution in [0.25, 0.3) is 0 Å². The summed E-state index contributed by atoms with van der Waals surface area (Å²) in [5.74, 6) is 0.236. The standard InChI is InChI=1S/C21H28N2O5/c1-14(16-6-4-3-5-7-16)22-21(26)23-18(12-19(23)24)20(25)28-13-15-8-10-17(27-2)11-9-15/h8-11,14,16,18H,3-7,12-13H2,1-2H3,(H,22,26)/t14-,18+/m1/s1. The molecule has 1 saturated heterocycles. The first kappa shape index (κ1) is 20.2. The zero-order chi connectivity index (χ0) is 20.1. The maximum atomic E-state index is 12.5. The zero-order valence-corrected chi connectivity index (χ0v) is 16.5. The van der Waals surface area contributed by atoms with Gasteiger partial charge in [0.25, 0.3) is 0 Å². The van der Waals surface area contributed by atoms with Gasteiger partial charge in [0.05, 0.1) is 13.5 Å². The lowest BCUT2D eigenvalue weighted by atomic mass is 9.84. The largest absolute Gasteiger partial charge is 0.497 e. The molecule has 152 valence electrons. The van der Waals surface area contributed by atoms with Gasteiger partial charge < -0.3 is 14.8 Å². The number of methoxy groups -OCH3 is 1. The van der Waals surface area contributed by atoms with Crippen LogP contribution in [0.4, 0.5) is 4.79 Å². The van der Waals surface area contributed by atoms with Crippen molar-refractivity contribution in [3.05, 3.63) is 29.8 Å². The van der Waals surface area contributed by atoms with Crippen molar-refractivity contribution in [2.45, 2.75) is 64.1 Å². The molecule has 3 rings (SSSR count). The predicted octanol–water partition coefficient (Wildman–Crippen LogP) is 3.02. The summed E-state index contributed by atoms with van der Waals surface area (Å²) in [6.45, 7) is 2.05. The number of hydrogen-bond acceptors (Lipinski definition) is 5. The maximum Gasteiger partial charge on any atom is 0.330 e. The number of carbonyl (C=O) groups excluding carboxylic acids is 3. The molecule has 7 heteroatoms. The monoisotopic (exact) mass is 388 g/mol. The van der Waals surface area contributed by atoms with Gasteiger partial charge in [-0.25, -0.2) is 14.5 Å². The van der Waals surface area contributed by atoms with E-state index < -0.39 is 18.0 Å². The predicted molar refractivity (Wildman–Crippen MR) is 103 cm³/mol. The van der Waals surface area contributed by atoms with E-state index >= 15 is 0 Å². The van der Waals surface area contributed by atoms with Crippen molar-refractivity contribution in [1.82, 2.24) is 10.2 Å². The number of nitrogens with zero attached hydrogens (tertiary/aromatic N) is 1. The number of carbonyl (C=O) groups is 3. The van der Waals surface area contributed by atoms with Crippen molar-refractivity contribution < 1.29 is 23.9 Å². The molecule has 0 radical (unpaired) electrons. The second-order valence-corrected chi connectivity index (χ2v) is 7.58. The SMILES string of the molecule is COc1ccc(COC(=O)[C@@H]2CC(=O)N2C(=O)N[C@H](C)C2CCCCC2)cc1. The number of imide groups is 1. The van der Waals surface area contributed by atoms with Crippen LogP contribution >= 0.6 is 0 Å². The van der Waals surface area contributed by atoms with E-state index in [0.29, 0.717) is 5.92 Å². The van der Waals surface area contributed by atoms with Gasteiger partial charge in [-0.2, -0.15) is 0 Å². The van der Waals surface area contributed by atoms with Crippen LogP contribution in [0.5, 0.6) is 5.75 Å². The number of β-lactam (4-membered cyclic amide) rings is 1. The highest BCUT2D eigenvalue weighted by Crippen LogP contribution is 2.27. The summed E-state index contributed by atoms with van der Waals surface area (Å²) in [6, 6.07) is 5.80. The molecule has 1 saturated carbocycles. The fourth-order valence-electron chi connectivity index (χ4n) is 3.85. The van der Waals surface area contributed by atoms with E-state index in [9.17, 15) is 14.4 Å². The number of urea groups is 1. The Morgan fingerprint density at radius 3 is 2.46 bits per heavy atom. The number of nitrogens with one attached hydrogen (secondary N) is 1. The van der Waals surface area contributed by atoms with E-state index in [4.69, 9.17) is 9.47 Å². The lowest BCUT2D eigenvalue weighted by Gasteiger charge is -2.38. The molecule has 0 spiro atoms. The Balaban J connectivity index is 1.51. The van der Waals surface area contributed by atoms with E-state index in [1.165, 1.54) is 19.3 Å². The van der Waals surface area contributed by atoms with Gasteiger partial charge in [0.1, 0.15) is 18.4 Å². The summed E-state index contributed by atoms with van der Waals surface area (Å²) in [7, 11) is 1.58. The Labute approximate surface area is 165 Å². The molecule has 0 unspecified atom stereocenters. The van der Waals surface area contributed by atoms with Gasteiger partial charge in [0.2, 0.25) is 5.91 Å². The molecule has 28 heavy (non-hydrogen) atoms. The number of esters is 1. The number of amides is 3. The Hall–Kier alpha value is -2.57. The first-order valence-electron chi connectivity index (χ1n) is 9.91. The number of hydrogen-bond donors (Lipinski definition) is 1. The van der Waals surface area contributed by atoms with Crippen LogP contribution < -0.4 is 10.1 Å². The molecule has 0 bridgehead atoms. The molecular formula is C21H28N2O5. The smallest absolute Gasteiger partial charge is 0.330 e. The molecule has 2 atom stereocenters. The van der Waals surface area contributed by atoms with Crippen LogP contribution in [-0.2, 0) is 20.9 Å². The minimum atomic E-state index is -0.843. The van der Waals surface area contributed by atoms with Gasteiger partial charge in [-0.1, -0.05) is 31.4 Å². The van der Waals surface area contributed by atoms with E-state index in [1.807, 2.05) is 6.92 Å². The molecular weight excluding hydrogens is 360 g/mol. The van der Waals surface area contributed by atoms with E-state index in [2.05, 4.69) is 5.32 Å². The van der Waals surface area contributed by atoms with Gasteiger partial charge in [-0.3, -0.25) is 4.79 Å². The van der Waals surface area contributed by atoms with Crippen LogP contribution in [0.3, 0.4) is 0 Å². The summed E-state index contributed by atoms with van der Waals surface area (Å²) in [5, 5.41) is 2.90. The third-order valence-electron chi connectivity index (χ3n) is 5.69. The summed E-state index contributed by atoms with van der Waals surface area (Å²) in [4.78, 5) is 37.8. The minimum Gasteiger partial charge on any atom is -0.497 e. The second-order valence-electron chi connectivity index (χ2n) is 7.58. The molecule has 0 aromatic heterocycles. The normalized spacial score (nSPS) is 20.9. The van der Waals surface area contributed by atoms with Gasteiger partial charge in [-0.05, 0) is 43.4 Å². The van der Waals surface area contributed by atoms with Crippen molar-refractivity contribution >= 4 is 17.9 Å². The number of likely N-dealkylation sites (tertiary alicyclic amines) is 1. The third-order valence-corrected chi connectivity index (χ3v) is 5.69. The Morgan fingerprint density at radius 1 is 1.18 bits per heavy atom. The van der Waals surface area contributed by atoms with Crippen molar-refractivity contribution in [3.63, 3.8) is 0 Å². The first-order chi connectivity index (χ1) is 13.5. The van der Waals surface area contributed by atoms with E-state index in [0.717, 1.165) is 29.1 Å². The lowest BCUT2D eigenvalue weighted by molar-refractivity contribution is -0.163. The Bertz CT molecular complexity index is 712. The summed E-state index contributed by atoms with van der Waals surface area (Å²) < 4.78 is 10.4. The summed E-state index contributed by atoms with van der Waals surface area (Å²) in [5.41, 5.74) is 0.807. The van der Waals surface area contributed by atoms with Crippen molar-refractivity contribution in [2.75, 3.05) is 7.11 Å². The maximum absolute atomic E-state index is 12.5. The van der Waals surface area contributed by atoms with Crippen molar-refractivity contribution in [3.8, 4) is 5.75 Å². The molecule has 1 aromatic rings. The van der Waals surface area contributed by atoms with Gasteiger partial charge in [-0.15, -0.1) is 0 Å². The second kappa shape index (κ2) is 9.08. The molecule has 2 fully saturated rings. The Morgan fingerprint density at radius 2 is 1.86 bits per heavy atom. The van der Waals surface area contributed by atoms with E-state index in [1.54, 1.807) is 31.4 Å². The molecule has 1 aliphatic heterocycles. The van der Waals surface area contributed by atoms with Crippen LogP contribution in [-0.4, -0.2) is 42.0 Å². The zero-order valence-electron chi connectivity index (χ0n) is 16.5. The molecule has 3 amide bonds. The molecule has 1 heterocycles. The number of ether oxygens (including phenoxy) is 2. The molecule has 1 aromatic carbocycles. The average Bonchev–Trinajstić information content (AvgIpc) is 2.71. The first-order valence-corrected chi connectivity index (χ1v) is 9.91. The van der Waals surface area contributed by atoms with Crippen molar-refractivity contribution in [2.24, 2.45) is 5.92 Å². The topological polar surface area (TPSA) is 84.9 Å². The quantitative estimate of drug-likeness (QED) is 0.598. The van der Waals surface area contributed by atoms with Crippen LogP contribution in [0.2, 0.25) is 0 Å². The van der Waals surface area contributed by atoms with Gasteiger partial charge in [0.15, 0.2) is 0 Å². The average molecular weight is 388 g/mol. The van der Waals surface area contributed by atoms with Crippen LogP contribution in [0.1, 0.15) is 51.0 Å². The minimum absolute atomic E-state index is 0.00662. The highest BCUT2D eigenvalue weighted by molar-refractivity contribution is 6.06. The fourth-order valence-corrected chi connectivity index (χ4v) is 3.85. The van der Waals surface area contributed by atoms with E-state index in [-0.39, 0.29) is 25.0 Å². The summed E-state index contributed by atoms with van der Waals surface area (Å²) >= 11 is 0. The van der Waals surface area contributed by atoms with Gasteiger partial charge in [0, 0.05) is 6.04 Å². The van der Waals surface area contributed by atoms with Crippen LogP contribution in [0, 0.1) is 5.92 Å². The van der Waals surface area contributed by atoms with Crippen LogP contribution in [0.15, 0.2) is 24.3 Å².